The fraction of sp³-hybridized carbons (Fsp3) is 0.435. The third kappa shape index (κ3) is 7.22. The van der Waals surface area contributed by atoms with E-state index in [2.05, 4.69) is 47.1 Å². The average Bonchev–Trinajstić information content (AvgIpc) is 3.18. The average molecular weight is 434 g/mol. The van der Waals surface area contributed by atoms with Crippen LogP contribution in [-0.4, -0.2) is 25.2 Å². The lowest BCUT2D eigenvalue weighted by molar-refractivity contribution is 0.251. The summed E-state index contributed by atoms with van der Waals surface area (Å²) in [5.74, 6) is 0.248. The van der Waals surface area contributed by atoms with E-state index >= 15 is 0 Å². The lowest BCUT2D eigenvalue weighted by Crippen LogP contribution is -2.34. The van der Waals surface area contributed by atoms with Crippen LogP contribution in [0.2, 0.25) is 10.0 Å². The Morgan fingerprint density at radius 1 is 1.07 bits per heavy atom. The van der Waals surface area contributed by atoms with Gasteiger partial charge in [-0.3, -0.25) is 0 Å². The Bertz CT molecular complexity index is 784. The van der Waals surface area contributed by atoms with Gasteiger partial charge in [0.25, 0.3) is 0 Å². The lowest BCUT2D eigenvalue weighted by atomic mass is 9.94. The maximum atomic E-state index is 12.4. The van der Waals surface area contributed by atoms with E-state index in [0.29, 0.717) is 28.3 Å². The second kappa shape index (κ2) is 10.9. The second-order valence-corrected chi connectivity index (χ2v) is 8.70. The molecule has 1 unspecified atom stereocenters. The highest BCUT2D eigenvalue weighted by Gasteiger charge is 2.17. The summed E-state index contributed by atoms with van der Waals surface area (Å²) in [4.78, 5) is 12.4. The molecule has 0 aliphatic heterocycles. The zero-order chi connectivity index (χ0) is 20.6. The maximum absolute atomic E-state index is 12.4. The predicted molar refractivity (Wildman–Crippen MR) is 122 cm³/mol. The molecule has 2 aromatic carbocycles. The fourth-order valence-corrected chi connectivity index (χ4v) is 4.36. The molecule has 156 valence electrons. The monoisotopic (exact) mass is 433 g/mol. The summed E-state index contributed by atoms with van der Waals surface area (Å²) in [6.45, 7) is 3.61. The van der Waals surface area contributed by atoms with Gasteiger partial charge < -0.3 is 16.0 Å². The van der Waals surface area contributed by atoms with E-state index in [9.17, 15) is 4.79 Å². The number of carbonyl (C=O) groups excluding carboxylic acids is 1. The number of nitrogens with one attached hydrogen (secondary N) is 3. The first-order valence-corrected chi connectivity index (χ1v) is 11.1. The van der Waals surface area contributed by atoms with Crippen molar-refractivity contribution in [3.05, 3.63) is 63.6 Å². The maximum Gasteiger partial charge on any atom is 0.319 e. The fourth-order valence-electron chi connectivity index (χ4n) is 3.83. The molecule has 2 amide bonds. The van der Waals surface area contributed by atoms with Gasteiger partial charge in [0.15, 0.2) is 0 Å². The van der Waals surface area contributed by atoms with Crippen molar-refractivity contribution in [2.75, 3.05) is 18.4 Å². The highest BCUT2D eigenvalue weighted by molar-refractivity contribution is 6.35. The molecule has 1 aliphatic carbocycles. The summed E-state index contributed by atoms with van der Waals surface area (Å²) in [5.41, 5.74) is 3.06. The van der Waals surface area contributed by atoms with Crippen LogP contribution in [0.15, 0.2) is 42.5 Å². The van der Waals surface area contributed by atoms with E-state index < -0.39 is 0 Å². The Balaban J connectivity index is 1.56. The minimum Gasteiger partial charge on any atom is -0.337 e. The number of urea groups is 1. The van der Waals surface area contributed by atoms with Crippen LogP contribution < -0.4 is 16.0 Å². The van der Waals surface area contributed by atoms with Gasteiger partial charge in [-0.1, -0.05) is 65.9 Å². The summed E-state index contributed by atoms with van der Waals surface area (Å²) in [6.07, 6.45) is 6.18. The number of rotatable bonds is 8. The Morgan fingerprint density at radius 3 is 2.38 bits per heavy atom. The normalized spacial score (nSPS) is 15.3. The highest BCUT2D eigenvalue weighted by Crippen LogP contribution is 2.23. The molecule has 0 heterocycles. The van der Waals surface area contributed by atoms with Crippen LogP contribution in [-0.2, 0) is 0 Å². The van der Waals surface area contributed by atoms with Crippen LogP contribution >= 0.6 is 23.2 Å². The summed E-state index contributed by atoms with van der Waals surface area (Å²) >= 11 is 12.0. The third-order valence-corrected chi connectivity index (χ3v) is 5.90. The van der Waals surface area contributed by atoms with Gasteiger partial charge in [0.05, 0.1) is 0 Å². The zero-order valence-corrected chi connectivity index (χ0v) is 18.3. The second-order valence-electron chi connectivity index (χ2n) is 7.82. The molecular weight excluding hydrogens is 405 g/mol. The summed E-state index contributed by atoms with van der Waals surface area (Å²) in [7, 11) is 0. The van der Waals surface area contributed by atoms with Crippen LogP contribution in [0.5, 0.6) is 0 Å². The van der Waals surface area contributed by atoms with Crippen LogP contribution in [0.25, 0.3) is 0 Å². The van der Waals surface area contributed by atoms with Crippen LogP contribution in [0.1, 0.15) is 49.1 Å². The van der Waals surface area contributed by atoms with Gasteiger partial charge in [-0.25, -0.2) is 4.79 Å². The lowest BCUT2D eigenvalue weighted by Gasteiger charge is -2.20. The molecule has 3 N–H and O–H groups in total. The van der Waals surface area contributed by atoms with E-state index in [1.165, 1.54) is 36.8 Å². The molecule has 6 heteroatoms. The molecule has 1 saturated carbocycles. The quantitative estimate of drug-likeness (QED) is 0.468. The zero-order valence-electron chi connectivity index (χ0n) is 16.8. The Kier molecular flexibility index (Phi) is 8.22. The Hall–Kier alpha value is -1.75. The molecule has 0 radical (unpaired) electrons. The van der Waals surface area contributed by atoms with E-state index in [1.54, 1.807) is 18.2 Å². The molecule has 0 saturated heterocycles. The molecule has 1 fully saturated rings. The Morgan fingerprint density at radius 2 is 1.72 bits per heavy atom. The first-order chi connectivity index (χ1) is 14.0. The molecular formula is C23H29Cl2N3O. The summed E-state index contributed by atoms with van der Waals surface area (Å²) in [5, 5.41) is 10.5. The molecule has 29 heavy (non-hydrogen) atoms. The van der Waals surface area contributed by atoms with Gasteiger partial charge in [-0.2, -0.15) is 0 Å². The summed E-state index contributed by atoms with van der Waals surface area (Å²) in [6, 6.07) is 13.9. The summed E-state index contributed by atoms with van der Waals surface area (Å²) < 4.78 is 0. The first-order valence-electron chi connectivity index (χ1n) is 10.3. The number of hydrogen-bond acceptors (Lipinski definition) is 2. The Labute approximate surface area is 183 Å². The van der Waals surface area contributed by atoms with Crippen molar-refractivity contribution in [1.29, 1.82) is 0 Å². The van der Waals surface area contributed by atoms with Crippen LogP contribution in [0.3, 0.4) is 0 Å². The molecule has 4 nitrogen and oxygen atoms in total. The predicted octanol–water partition coefficient (Wildman–Crippen LogP) is 6.13. The number of anilines is 1. The molecule has 2 aromatic rings. The van der Waals surface area contributed by atoms with E-state index in [0.717, 1.165) is 13.0 Å². The largest absolute Gasteiger partial charge is 0.337 e. The van der Waals surface area contributed by atoms with Crippen molar-refractivity contribution in [2.24, 2.45) is 0 Å². The molecule has 0 bridgehead atoms. The van der Waals surface area contributed by atoms with Crippen molar-refractivity contribution < 1.29 is 4.79 Å². The number of carbonyl (C=O) groups is 1. The minimum atomic E-state index is -0.260. The van der Waals surface area contributed by atoms with Gasteiger partial charge >= 0.3 is 6.03 Å². The van der Waals surface area contributed by atoms with Crippen molar-refractivity contribution in [1.82, 2.24) is 10.6 Å². The van der Waals surface area contributed by atoms with Gasteiger partial charge in [0, 0.05) is 34.2 Å². The van der Waals surface area contributed by atoms with Gasteiger partial charge in [0.1, 0.15) is 0 Å². The van der Waals surface area contributed by atoms with Gasteiger partial charge in [-0.15, -0.1) is 0 Å². The number of benzene rings is 2. The molecule has 1 atom stereocenters. The smallest absolute Gasteiger partial charge is 0.319 e. The molecule has 1 aliphatic rings. The molecule has 0 aromatic heterocycles. The molecule has 3 rings (SSSR count). The van der Waals surface area contributed by atoms with Gasteiger partial charge in [-0.05, 0) is 56.5 Å². The minimum absolute atomic E-state index is 0.248. The standard InChI is InChI=1S/C23H29Cl2N3O/c1-16-6-8-17(9-7-16)18(10-11-26-21-4-2-3-5-21)15-27-23(29)28-22-13-19(24)12-20(25)14-22/h6-9,12-14,18,21,26H,2-5,10-11,15H2,1H3,(H2,27,28,29). The van der Waals surface area contributed by atoms with Crippen molar-refractivity contribution in [3.63, 3.8) is 0 Å². The molecule has 0 spiro atoms. The van der Waals surface area contributed by atoms with Crippen LogP contribution in [0, 0.1) is 6.92 Å². The topological polar surface area (TPSA) is 53.2 Å². The highest BCUT2D eigenvalue weighted by atomic mass is 35.5. The van der Waals surface area contributed by atoms with Crippen LogP contribution in [0.4, 0.5) is 10.5 Å². The third-order valence-electron chi connectivity index (χ3n) is 5.46. The van der Waals surface area contributed by atoms with Crippen molar-refractivity contribution in [3.8, 4) is 0 Å². The van der Waals surface area contributed by atoms with E-state index in [-0.39, 0.29) is 11.9 Å². The van der Waals surface area contributed by atoms with E-state index in [4.69, 9.17) is 23.2 Å². The van der Waals surface area contributed by atoms with Crippen molar-refractivity contribution >= 4 is 34.9 Å². The first kappa shape index (κ1) is 21.9. The number of halogens is 2. The number of aryl methyl sites for hydroxylation is 1. The SMILES string of the molecule is Cc1ccc(C(CCNC2CCCC2)CNC(=O)Nc2cc(Cl)cc(Cl)c2)cc1. The number of amides is 2. The van der Waals surface area contributed by atoms with Gasteiger partial charge in [0.2, 0.25) is 0 Å². The van der Waals surface area contributed by atoms with Crippen molar-refractivity contribution in [2.45, 2.75) is 51.0 Å². The van der Waals surface area contributed by atoms with E-state index in [1.807, 2.05) is 0 Å². The number of hydrogen-bond donors (Lipinski definition) is 3.